The van der Waals surface area contributed by atoms with Gasteiger partial charge in [0.2, 0.25) is 0 Å². The molecule has 4 aromatic rings. The number of ether oxygens (including phenoxy) is 2. The second-order valence-electron chi connectivity index (χ2n) is 6.82. The molecule has 0 fully saturated rings. The van der Waals surface area contributed by atoms with E-state index in [1.807, 2.05) is 36.6 Å². The van der Waals surface area contributed by atoms with E-state index in [0.29, 0.717) is 34.4 Å². The summed E-state index contributed by atoms with van der Waals surface area (Å²) < 4.78 is 11.3. The molecular formula is C21H17ClN6O2S. The fourth-order valence-electron chi connectivity index (χ4n) is 3.06. The average Bonchev–Trinajstić information content (AvgIpc) is 3.42. The third-order valence-corrected chi connectivity index (χ3v) is 5.44. The Balaban J connectivity index is 1.39. The summed E-state index contributed by atoms with van der Waals surface area (Å²) in [7, 11) is 0. The Morgan fingerprint density at radius 3 is 2.74 bits per heavy atom. The van der Waals surface area contributed by atoms with Crippen LogP contribution in [0.15, 0.2) is 59.3 Å². The largest absolute Gasteiger partial charge is 0.460 e. The lowest BCUT2D eigenvalue weighted by Crippen LogP contribution is -2.15. The molecule has 0 aliphatic carbocycles. The van der Waals surface area contributed by atoms with E-state index in [4.69, 9.17) is 21.1 Å². The number of aliphatic imine (C=N–C) groups is 1. The molecular weight excluding hydrogens is 436 g/mol. The van der Waals surface area contributed by atoms with Crippen LogP contribution in [0, 0.1) is 0 Å². The number of fused-ring (bicyclic) bond motifs is 1. The van der Waals surface area contributed by atoms with Gasteiger partial charge in [0.25, 0.3) is 11.2 Å². The van der Waals surface area contributed by atoms with Gasteiger partial charge < -0.3 is 20.1 Å². The SMILES string of the molecule is CC1CN=C(Nc2ccc3ncnc(Nc4ccc(Oc5nccs5)c(Cl)c4)c3c2)O1. The fourth-order valence-corrected chi connectivity index (χ4v) is 3.77. The van der Waals surface area contributed by atoms with Crippen molar-refractivity contribution < 1.29 is 9.47 Å². The van der Waals surface area contributed by atoms with E-state index in [1.54, 1.807) is 18.3 Å². The molecule has 0 amide bonds. The Bertz CT molecular complexity index is 1260. The van der Waals surface area contributed by atoms with Crippen molar-refractivity contribution in [3.63, 3.8) is 0 Å². The normalized spacial score (nSPS) is 15.4. The van der Waals surface area contributed by atoms with Crippen LogP contribution in [0.2, 0.25) is 5.02 Å². The van der Waals surface area contributed by atoms with E-state index in [0.717, 1.165) is 22.3 Å². The smallest absolute Gasteiger partial charge is 0.289 e. The summed E-state index contributed by atoms with van der Waals surface area (Å²) in [6, 6.07) is 11.8. The van der Waals surface area contributed by atoms with Gasteiger partial charge in [-0.25, -0.2) is 19.9 Å². The summed E-state index contributed by atoms with van der Waals surface area (Å²) in [6.07, 6.45) is 3.28. The van der Waals surface area contributed by atoms with Crippen molar-refractivity contribution in [2.45, 2.75) is 13.0 Å². The van der Waals surface area contributed by atoms with Crippen molar-refractivity contribution in [2.75, 3.05) is 17.2 Å². The molecule has 1 aliphatic rings. The molecule has 1 atom stereocenters. The van der Waals surface area contributed by atoms with Gasteiger partial charge in [0.05, 0.1) is 17.1 Å². The summed E-state index contributed by atoms with van der Waals surface area (Å²) in [5, 5.41) is 10.2. The van der Waals surface area contributed by atoms with Gasteiger partial charge in [-0.1, -0.05) is 22.9 Å². The highest BCUT2D eigenvalue weighted by atomic mass is 35.5. The van der Waals surface area contributed by atoms with Crippen LogP contribution in [0.4, 0.5) is 17.2 Å². The molecule has 1 aliphatic heterocycles. The number of aromatic nitrogens is 3. The molecule has 1 unspecified atom stereocenters. The Hall–Kier alpha value is -3.43. The molecule has 0 saturated carbocycles. The second-order valence-corrected chi connectivity index (χ2v) is 8.09. The van der Waals surface area contributed by atoms with Gasteiger partial charge in [0.15, 0.2) is 0 Å². The van der Waals surface area contributed by atoms with Crippen LogP contribution < -0.4 is 15.4 Å². The van der Waals surface area contributed by atoms with Crippen LogP contribution in [0.5, 0.6) is 10.9 Å². The monoisotopic (exact) mass is 452 g/mol. The lowest BCUT2D eigenvalue weighted by Gasteiger charge is -2.12. The van der Waals surface area contributed by atoms with Crippen LogP contribution in [0.25, 0.3) is 10.9 Å². The number of benzene rings is 2. The minimum absolute atomic E-state index is 0.0795. The van der Waals surface area contributed by atoms with Gasteiger partial charge in [-0.2, -0.15) is 0 Å². The van der Waals surface area contributed by atoms with Gasteiger partial charge in [0, 0.05) is 28.3 Å². The van der Waals surface area contributed by atoms with Crippen molar-refractivity contribution in [2.24, 2.45) is 4.99 Å². The maximum Gasteiger partial charge on any atom is 0.289 e. The minimum atomic E-state index is 0.0795. The highest BCUT2D eigenvalue weighted by Crippen LogP contribution is 2.34. The third kappa shape index (κ3) is 4.37. The Morgan fingerprint density at radius 1 is 1.10 bits per heavy atom. The van der Waals surface area contributed by atoms with E-state index in [1.165, 1.54) is 17.7 Å². The predicted molar refractivity (Wildman–Crippen MR) is 123 cm³/mol. The molecule has 10 heteroatoms. The first kappa shape index (κ1) is 19.5. The molecule has 0 spiro atoms. The summed E-state index contributed by atoms with van der Waals surface area (Å²) in [5.41, 5.74) is 2.41. The number of rotatable bonds is 5. The lowest BCUT2D eigenvalue weighted by atomic mass is 10.2. The topological polar surface area (TPSA) is 93.6 Å². The van der Waals surface area contributed by atoms with Crippen molar-refractivity contribution in [1.82, 2.24) is 15.0 Å². The number of anilines is 3. The second kappa shape index (κ2) is 8.37. The molecule has 31 heavy (non-hydrogen) atoms. The zero-order valence-electron chi connectivity index (χ0n) is 16.4. The Labute approximate surface area is 187 Å². The Morgan fingerprint density at radius 2 is 1.97 bits per heavy atom. The highest BCUT2D eigenvalue weighted by Gasteiger charge is 2.15. The lowest BCUT2D eigenvalue weighted by molar-refractivity contribution is 0.245. The van der Waals surface area contributed by atoms with Crippen molar-refractivity contribution >= 4 is 57.1 Å². The molecule has 8 nitrogen and oxygen atoms in total. The predicted octanol–water partition coefficient (Wildman–Crippen LogP) is 5.46. The number of hydrogen-bond acceptors (Lipinski definition) is 9. The zero-order chi connectivity index (χ0) is 21.2. The summed E-state index contributed by atoms with van der Waals surface area (Å²) in [6.45, 7) is 2.63. The van der Waals surface area contributed by atoms with Gasteiger partial charge in [-0.3, -0.25) is 0 Å². The highest BCUT2D eigenvalue weighted by molar-refractivity contribution is 7.11. The maximum absolute atomic E-state index is 6.40. The van der Waals surface area contributed by atoms with Gasteiger partial charge in [-0.05, 0) is 43.3 Å². The van der Waals surface area contributed by atoms with Crippen LogP contribution in [-0.2, 0) is 4.74 Å². The standard InChI is InChI=1S/C21H17ClN6O2S/c1-12-10-24-20(29-12)28-13-2-4-17-15(8-13)19(26-11-25-17)27-14-3-5-18(16(22)9-14)30-21-23-6-7-31-21/h2-9,11-12H,10H2,1H3,(H,24,28)(H,25,26,27). The molecule has 2 aromatic heterocycles. The van der Waals surface area contributed by atoms with Crippen molar-refractivity contribution in [3.8, 4) is 10.9 Å². The zero-order valence-corrected chi connectivity index (χ0v) is 17.9. The van der Waals surface area contributed by atoms with Crippen LogP contribution in [0.3, 0.4) is 0 Å². The van der Waals surface area contributed by atoms with Crippen LogP contribution in [0.1, 0.15) is 6.92 Å². The van der Waals surface area contributed by atoms with Crippen molar-refractivity contribution in [3.05, 3.63) is 59.3 Å². The summed E-state index contributed by atoms with van der Waals surface area (Å²) in [5.74, 6) is 1.19. The van der Waals surface area contributed by atoms with E-state index in [2.05, 4.69) is 30.6 Å². The number of halogens is 1. The molecule has 0 saturated heterocycles. The van der Waals surface area contributed by atoms with Crippen LogP contribution in [-0.4, -0.2) is 33.6 Å². The molecule has 2 N–H and O–H groups in total. The van der Waals surface area contributed by atoms with Crippen LogP contribution >= 0.6 is 22.9 Å². The number of nitrogens with zero attached hydrogens (tertiary/aromatic N) is 4. The fraction of sp³-hybridized carbons (Fsp3) is 0.143. The van der Waals surface area contributed by atoms with E-state index < -0.39 is 0 Å². The molecule has 0 radical (unpaired) electrons. The summed E-state index contributed by atoms with van der Waals surface area (Å²) in [4.78, 5) is 17.2. The minimum Gasteiger partial charge on any atom is -0.460 e. The van der Waals surface area contributed by atoms with Gasteiger partial charge in [-0.15, -0.1) is 0 Å². The summed E-state index contributed by atoms with van der Waals surface area (Å²) >= 11 is 7.80. The first-order chi connectivity index (χ1) is 15.1. The first-order valence-corrected chi connectivity index (χ1v) is 10.8. The first-order valence-electron chi connectivity index (χ1n) is 9.51. The molecule has 0 bridgehead atoms. The number of hydrogen-bond donors (Lipinski definition) is 2. The number of amidine groups is 1. The quantitative estimate of drug-likeness (QED) is 0.415. The van der Waals surface area contributed by atoms with Gasteiger partial charge in [0.1, 0.15) is 24.0 Å². The third-order valence-electron chi connectivity index (χ3n) is 4.49. The van der Waals surface area contributed by atoms with E-state index >= 15 is 0 Å². The number of nitrogens with one attached hydrogen (secondary N) is 2. The van der Waals surface area contributed by atoms with Crippen molar-refractivity contribution in [1.29, 1.82) is 0 Å². The number of thiazole rings is 1. The molecule has 5 rings (SSSR count). The average molecular weight is 453 g/mol. The Kier molecular flexibility index (Phi) is 5.27. The van der Waals surface area contributed by atoms with Gasteiger partial charge >= 0.3 is 0 Å². The van der Waals surface area contributed by atoms with E-state index in [-0.39, 0.29) is 6.10 Å². The molecule has 3 heterocycles. The molecule has 2 aromatic carbocycles. The maximum atomic E-state index is 6.40. The van der Waals surface area contributed by atoms with E-state index in [9.17, 15) is 0 Å². The molecule has 156 valence electrons.